The van der Waals surface area contributed by atoms with Crippen molar-refractivity contribution in [1.82, 2.24) is 0 Å². The molecule has 0 bridgehead atoms. The number of ether oxygens (including phenoxy) is 2. The van der Waals surface area contributed by atoms with E-state index in [1.54, 1.807) is 42.5 Å². The Morgan fingerprint density at radius 3 is 1.90 bits per heavy atom. The van der Waals surface area contributed by atoms with E-state index in [1.807, 2.05) is 6.92 Å². The molecule has 5 heteroatoms. The Morgan fingerprint density at radius 1 is 0.905 bits per heavy atom. The molecule has 2 rings (SSSR count). The quantitative estimate of drug-likeness (QED) is 0.852. The number of rotatable bonds is 5. The van der Waals surface area contributed by atoms with Crippen molar-refractivity contribution in [3.05, 3.63) is 59.3 Å². The number of aryl methyl sites for hydroxylation is 1. The van der Waals surface area contributed by atoms with Crippen LogP contribution in [0.3, 0.4) is 0 Å². The van der Waals surface area contributed by atoms with Crippen LogP contribution in [0.2, 0.25) is 0 Å². The van der Waals surface area contributed by atoms with E-state index in [-0.39, 0.29) is 4.90 Å². The predicted octanol–water partition coefficient (Wildman–Crippen LogP) is 3.00. The van der Waals surface area contributed by atoms with Gasteiger partial charge in [0.2, 0.25) is 0 Å². The van der Waals surface area contributed by atoms with E-state index >= 15 is 0 Å². The largest absolute Gasteiger partial charge is 0.496 e. The van der Waals surface area contributed by atoms with Crippen molar-refractivity contribution in [2.24, 2.45) is 0 Å². The molecule has 111 valence electrons. The maximum atomic E-state index is 12.5. The molecule has 0 saturated heterocycles. The molecule has 0 spiro atoms. The smallest absolute Gasteiger partial charge is 0.187 e. The zero-order chi connectivity index (χ0) is 15.5. The lowest BCUT2D eigenvalue weighted by molar-refractivity contribution is 0.390. The van der Waals surface area contributed by atoms with Gasteiger partial charge < -0.3 is 9.47 Å². The zero-order valence-corrected chi connectivity index (χ0v) is 13.0. The lowest BCUT2D eigenvalue weighted by Gasteiger charge is -2.13. The van der Waals surface area contributed by atoms with Crippen molar-refractivity contribution in [3.8, 4) is 11.5 Å². The van der Waals surface area contributed by atoms with Gasteiger partial charge in [0.15, 0.2) is 9.84 Å². The lowest BCUT2D eigenvalue weighted by atomic mass is 10.2. The summed E-state index contributed by atoms with van der Waals surface area (Å²) in [6.45, 7) is 1.91. The van der Waals surface area contributed by atoms with Crippen LogP contribution >= 0.6 is 0 Å². The van der Waals surface area contributed by atoms with Crippen LogP contribution < -0.4 is 9.47 Å². The molecule has 0 aromatic heterocycles. The van der Waals surface area contributed by atoms with Gasteiger partial charge in [-0.15, -0.1) is 0 Å². The van der Waals surface area contributed by atoms with Gasteiger partial charge in [-0.3, -0.25) is 0 Å². The van der Waals surface area contributed by atoms with Gasteiger partial charge in [0.25, 0.3) is 0 Å². The molecule has 0 saturated carbocycles. The monoisotopic (exact) mass is 305 g/mol. The van der Waals surface area contributed by atoms with Gasteiger partial charge >= 0.3 is 0 Å². The minimum absolute atomic E-state index is 0.237. The van der Waals surface area contributed by atoms with Crippen LogP contribution in [-0.4, -0.2) is 22.6 Å². The molecule has 21 heavy (non-hydrogen) atoms. The first kappa shape index (κ1) is 15.4. The molecular formula is C16H17O4S. The van der Waals surface area contributed by atoms with E-state index in [9.17, 15) is 8.42 Å². The first-order chi connectivity index (χ1) is 9.97. The summed E-state index contributed by atoms with van der Waals surface area (Å²) >= 11 is 0. The van der Waals surface area contributed by atoms with E-state index in [0.717, 1.165) is 5.56 Å². The van der Waals surface area contributed by atoms with E-state index in [2.05, 4.69) is 0 Å². The third kappa shape index (κ3) is 3.36. The minimum Gasteiger partial charge on any atom is -0.496 e. The summed E-state index contributed by atoms with van der Waals surface area (Å²) in [5.41, 5.74) is 1.41. The average Bonchev–Trinajstić information content (AvgIpc) is 2.47. The normalized spacial score (nSPS) is 11.2. The van der Waals surface area contributed by atoms with Crippen molar-refractivity contribution >= 4 is 9.84 Å². The second kappa shape index (κ2) is 6.18. The molecule has 2 aromatic rings. The van der Waals surface area contributed by atoms with Gasteiger partial charge in [-0.25, -0.2) is 8.42 Å². The molecule has 0 aliphatic carbocycles. The van der Waals surface area contributed by atoms with Crippen molar-refractivity contribution in [2.75, 3.05) is 14.2 Å². The third-order valence-corrected chi connectivity index (χ3v) is 4.56. The Labute approximate surface area is 125 Å². The molecule has 0 fully saturated rings. The van der Waals surface area contributed by atoms with Crippen LogP contribution in [0, 0.1) is 12.7 Å². The maximum Gasteiger partial charge on any atom is 0.187 e. The van der Waals surface area contributed by atoms with Gasteiger partial charge in [-0.05, 0) is 31.2 Å². The fraction of sp³-hybridized carbons (Fsp3) is 0.188. The van der Waals surface area contributed by atoms with E-state index in [1.165, 1.54) is 20.0 Å². The van der Waals surface area contributed by atoms with E-state index < -0.39 is 9.84 Å². The summed E-state index contributed by atoms with van der Waals surface area (Å²) < 4.78 is 35.4. The van der Waals surface area contributed by atoms with Crippen LogP contribution in [-0.2, 0) is 9.84 Å². The lowest BCUT2D eigenvalue weighted by Crippen LogP contribution is -2.05. The SMILES string of the molecule is COc1cccc(OC)c1[CH]S(=O)(=O)c1ccc(C)cc1. The highest BCUT2D eigenvalue weighted by molar-refractivity contribution is 7.93. The van der Waals surface area contributed by atoms with Gasteiger partial charge in [0, 0.05) is 0 Å². The molecule has 0 N–H and O–H groups in total. The number of hydrogen-bond donors (Lipinski definition) is 0. The maximum absolute atomic E-state index is 12.5. The molecule has 0 unspecified atom stereocenters. The van der Waals surface area contributed by atoms with E-state index in [0.29, 0.717) is 17.1 Å². The Hall–Kier alpha value is -2.01. The van der Waals surface area contributed by atoms with Crippen molar-refractivity contribution in [1.29, 1.82) is 0 Å². The van der Waals surface area contributed by atoms with Crippen molar-refractivity contribution in [3.63, 3.8) is 0 Å². The van der Waals surface area contributed by atoms with Gasteiger partial charge in [0.1, 0.15) is 17.3 Å². The summed E-state index contributed by atoms with van der Waals surface area (Å²) in [7, 11) is -0.599. The second-order valence-electron chi connectivity index (χ2n) is 4.55. The van der Waals surface area contributed by atoms with Crippen LogP contribution in [0.25, 0.3) is 0 Å². The zero-order valence-electron chi connectivity index (χ0n) is 12.2. The highest BCUT2D eigenvalue weighted by Gasteiger charge is 2.21. The van der Waals surface area contributed by atoms with Crippen molar-refractivity contribution in [2.45, 2.75) is 11.8 Å². The molecule has 1 radical (unpaired) electrons. The number of methoxy groups -OCH3 is 2. The summed E-state index contributed by atoms with van der Waals surface area (Å²) in [6.07, 6.45) is 0. The van der Waals surface area contributed by atoms with E-state index in [4.69, 9.17) is 9.47 Å². The molecule has 2 aromatic carbocycles. The third-order valence-electron chi connectivity index (χ3n) is 3.09. The van der Waals surface area contributed by atoms with Gasteiger partial charge in [0.05, 0.1) is 24.7 Å². The molecule has 0 amide bonds. The summed E-state index contributed by atoms with van der Waals surface area (Å²) in [4.78, 5) is 0.237. The van der Waals surface area contributed by atoms with Gasteiger partial charge in [-0.2, -0.15) is 0 Å². The average molecular weight is 305 g/mol. The summed E-state index contributed by atoms with van der Waals surface area (Å²) in [5, 5.41) is 0. The Kier molecular flexibility index (Phi) is 4.53. The highest BCUT2D eigenvalue weighted by Crippen LogP contribution is 2.33. The molecule has 0 heterocycles. The number of hydrogen-bond acceptors (Lipinski definition) is 4. The Bertz CT molecular complexity index is 696. The molecular weight excluding hydrogens is 288 g/mol. The molecule has 0 atom stereocenters. The highest BCUT2D eigenvalue weighted by atomic mass is 32.2. The first-order valence-electron chi connectivity index (χ1n) is 6.35. The van der Waals surface area contributed by atoms with Gasteiger partial charge in [-0.1, -0.05) is 23.8 Å². The minimum atomic E-state index is -3.58. The standard InChI is InChI=1S/C16H17O4S/c1-12-7-9-13(10-8-12)21(17,18)11-14-15(19-2)5-4-6-16(14)20-3/h4-11H,1-3H3. The molecule has 0 aliphatic rings. The molecule has 4 nitrogen and oxygen atoms in total. The van der Waals surface area contributed by atoms with Crippen LogP contribution in [0.15, 0.2) is 47.4 Å². The molecule has 0 aliphatic heterocycles. The van der Waals surface area contributed by atoms with Crippen LogP contribution in [0.4, 0.5) is 0 Å². The second-order valence-corrected chi connectivity index (χ2v) is 6.35. The summed E-state index contributed by atoms with van der Waals surface area (Å²) in [5.74, 6) is 2.07. The topological polar surface area (TPSA) is 52.6 Å². The first-order valence-corrected chi connectivity index (χ1v) is 7.90. The fourth-order valence-electron chi connectivity index (χ4n) is 1.95. The Balaban J connectivity index is 2.43. The fourth-order valence-corrected chi connectivity index (χ4v) is 3.14. The number of sulfone groups is 1. The summed E-state index contributed by atoms with van der Waals surface area (Å²) in [6, 6.07) is 11.8. The predicted molar refractivity (Wildman–Crippen MR) is 81.3 cm³/mol. The Morgan fingerprint density at radius 2 is 1.43 bits per heavy atom. The van der Waals surface area contributed by atoms with Crippen molar-refractivity contribution < 1.29 is 17.9 Å². The number of benzene rings is 2. The van der Waals surface area contributed by atoms with Crippen LogP contribution in [0.5, 0.6) is 11.5 Å². The van der Waals surface area contributed by atoms with Crippen LogP contribution in [0.1, 0.15) is 11.1 Å².